The van der Waals surface area contributed by atoms with Crippen molar-refractivity contribution in [2.24, 2.45) is 5.73 Å². The van der Waals surface area contributed by atoms with Gasteiger partial charge in [0.15, 0.2) is 5.58 Å². The highest BCUT2D eigenvalue weighted by molar-refractivity contribution is 5.85. The van der Waals surface area contributed by atoms with E-state index >= 15 is 0 Å². The lowest BCUT2D eigenvalue weighted by Gasteiger charge is -2.29. The number of non-ortho nitro benzene ring substituents is 1. The summed E-state index contributed by atoms with van der Waals surface area (Å²) in [6.45, 7) is 1.55. The van der Waals surface area contributed by atoms with E-state index in [1.165, 1.54) is 12.1 Å². The Morgan fingerprint density at radius 2 is 2.30 bits per heavy atom. The van der Waals surface area contributed by atoms with Crippen molar-refractivity contribution in [3.05, 3.63) is 28.3 Å². The van der Waals surface area contributed by atoms with E-state index in [9.17, 15) is 10.1 Å². The number of nitrogens with two attached hydrogens (primary N) is 1. The van der Waals surface area contributed by atoms with Crippen LogP contribution in [-0.4, -0.2) is 29.0 Å². The van der Waals surface area contributed by atoms with Crippen molar-refractivity contribution in [3.8, 4) is 0 Å². The van der Waals surface area contributed by atoms with Crippen LogP contribution < -0.4 is 10.6 Å². The average Bonchev–Trinajstić information content (AvgIpc) is 2.81. The summed E-state index contributed by atoms with van der Waals surface area (Å²) in [6.07, 6.45) is 2.00. The van der Waals surface area contributed by atoms with Gasteiger partial charge in [0.05, 0.1) is 4.92 Å². The molecule has 2 N–H and O–H groups in total. The minimum absolute atomic E-state index is 0. The normalized spacial score (nSPS) is 18.9. The summed E-state index contributed by atoms with van der Waals surface area (Å²) in [5.41, 5.74) is 6.99. The molecule has 1 aromatic heterocycles. The Balaban J connectivity index is 0.00000147. The maximum Gasteiger partial charge on any atom is 0.298 e. The van der Waals surface area contributed by atoms with E-state index in [0.29, 0.717) is 23.7 Å². The molecular weight excluding hydrogens is 284 g/mol. The molecule has 0 spiro atoms. The van der Waals surface area contributed by atoms with Crippen molar-refractivity contribution >= 4 is 35.2 Å². The second kappa shape index (κ2) is 5.64. The lowest BCUT2D eigenvalue weighted by atomic mass is 10.1. The highest BCUT2D eigenvalue weighted by Gasteiger charge is 2.21. The lowest BCUT2D eigenvalue weighted by molar-refractivity contribution is -0.384. The van der Waals surface area contributed by atoms with Gasteiger partial charge < -0.3 is 15.1 Å². The third kappa shape index (κ3) is 2.68. The van der Waals surface area contributed by atoms with E-state index in [4.69, 9.17) is 10.2 Å². The van der Waals surface area contributed by atoms with Crippen LogP contribution in [0, 0.1) is 10.1 Å². The van der Waals surface area contributed by atoms with Crippen LogP contribution in [0.1, 0.15) is 12.8 Å². The molecule has 1 aliphatic rings. The molecule has 1 saturated heterocycles. The van der Waals surface area contributed by atoms with E-state index in [-0.39, 0.29) is 24.1 Å². The number of hydrogen-bond donors (Lipinski definition) is 1. The molecule has 1 aliphatic heterocycles. The third-order valence-electron chi connectivity index (χ3n) is 3.30. The highest BCUT2D eigenvalue weighted by Crippen LogP contribution is 2.26. The Labute approximate surface area is 121 Å². The molecule has 1 fully saturated rings. The summed E-state index contributed by atoms with van der Waals surface area (Å²) in [5.74, 6) is 0. The van der Waals surface area contributed by atoms with Gasteiger partial charge in [-0.1, -0.05) is 0 Å². The molecule has 0 saturated carbocycles. The number of nitrogens with zero attached hydrogens (tertiary/aromatic N) is 3. The van der Waals surface area contributed by atoms with Gasteiger partial charge in [-0.2, -0.15) is 4.98 Å². The summed E-state index contributed by atoms with van der Waals surface area (Å²) in [5, 5.41) is 10.7. The van der Waals surface area contributed by atoms with Crippen LogP contribution in [0.2, 0.25) is 0 Å². The van der Waals surface area contributed by atoms with Crippen LogP contribution in [-0.2, 0) is 0 Å². The largest absolute Gasteiger partial charge is 0.423 e. The number of piperidine rings is 1. The molecule has 8 heteroatoms. The van der Waals surface area contributed by atoms with Crippen molar-refractivity contribution in [2.75, 3.05) is 18.0 Å². The number of nitro groups is 1. The number of nitro benzene ring substituents is 1. The highest BCUT2D eigenvalue weighted by atomic mass is 35.5. The van der Waals surface area contributed by atoms with Gasteiger partial charge in [0.2, 0.25) is 0 Å². The smallest absolute Gasteiger partial charge is 0.298 e. The molecule has 0 radical (unpaired) electrons. The Morgan fingerprint density at radius 3 is 3.00 bits per heavy atom. The maximum absolute atomic E-state index is 10.7. The van der Waals surface area contributed by atoms with Gasteiger partial charge in [-0.3, -0.25) is 10.1 Å². The predicted molar refractivity (Wildman–Crippen MR) is 77.3 cm³/mol. The zero-order valence-corrected chi connectivity index (χ0v) is 11.5. The SMILES string of the molecule is Cl.NC1CCCN(c2nc3cc([N+](=O)[O-])ccc3o2)C1. The van der Waals surface area contributed by atoms with Crippen LogP contribution in [0.3, 0.4) is 0 Å². The molecule has 1 aromatic carbocycles. The second-order valence-electron chi connectivity index (χ2n) is 4.75. The Hall–Kier alpha value is -1.86. The number of anilines is 1. The molecule has 0 bridgehead atoms. The summed E-state index contributed by atoms with van der Waals surface area (Å²) in [6, 6.07) is 5.03. The first kappa shape index (κ1) is 14.5. The monoisotopic (exact) mass is 298 g/mol. The van der Waals surface area contributed by atoms with Gasteiger partial charge in [-0.15, -0.1) is 12.4 Å². The Bertz CT molecular complexity index is 630. The molecule has 20 heavy (non-hydrogen) atoms. The van der Waals surface area contributed by atoms with Crippen LogP contribution in [0.4, 0.5) is 11.7 Å². The molecule has 1 unspecified atom stereocenters. The molecule has 2 heterocycles. The summed E-state index contributed by atoms with van der Waals surface area (Å²) >= 11 is 0. The number of aromatic nitrogens is 1. The molecule has 108 valence electrons. The van der Waals surface area contributed by atoms with E-state index in [1.807, 2.05) is 4.90 Å². The molecule has 0 amide bonds. The third-order valence-corrected chi connectivity index (χ3v) is 3.30. The van der Waals surface area contributed by atoms with Gasteiger partial charge in [-0.05, 0) is 18.9 Å². The number of rotatable bonds is 2. The fourth-order valence-electron chi connectivity index (χ4n) is 2.34. The van der Waals surface area contributed by atoms with Crippen LogP contribution >= 0.6 is 12.4 Å². The van der Waals surface area contributed by atoms with Gasteiger partial charge in [0, 0.05) is 31.3 Å². The zero-order chi connectivity index (χ0) is 13.4. The van der Waals surface area contributed by atoms with Crippen molar-refractivity contribution < 1.29 is 9.34 Å². The van der Waals surface area contributed by atoms with E-state index in [0.717, 1.165) is 19.4 Å². The summed E-state index contributed by atoms with van der Waals surface area (Å²) in [4.78, 5) is 16.6. The van der Waals surface area contributed by atoms with Gasteiger partial charge in [0.1, 0.15) is 5.52 Å². The van der Waals surface area contributed by atoms with Crippen molar-refractivity contribution in [2.45, 2.75) is 18.9 Å². The molecule has 2 aromatic rings. The number of halogens is 1. The quantitative estimate of drug-likeness (QED) is 0.673. The Morgan fingerprint density at radius 1 is 1.50 bits per heavy atom. The topological polar surface area (TPSA) is 98.4 Å². The first-order valence-corrected chi connectivity index (χ1v) is 6.19. The zero-order valence-electron chi connectivity index (χ0n) is 10.7. The van der Waals surface area contributed by atoms with Crippen LogP contribution in [0.25, 0.3) is 11.1 Å². The minimum Gasteiger partial charge on any atom is -0.423 e. The van der Waals surface area contributed by atoms with Crippen molar-refractivity contribution in [3.63, 3.8) is 0 Å². The lowest BCUT2D eigenvalue weighted by Crippen LogP contribution is -2.42. The van der Waals surface area contributed by atoms with E-state index < -0.39 is 4.92 Å². The number of oxazole rings is 1. The molecule has 7 nitrogen and oxygen atoms in total. The van der Waals surface area contributed by atoms with E-state index in [1.54, 1.807) is 6.07 Å². The first-order chi connectivity index (χ1) is 9.13. The van der Waals surface area contributed by atoms with Gasteiger partial charge >= 0.3 is 0 Å². The number of hydrogen-bond acceptors (Lipinski definition) is 6. The van der Waals surface area contributed by atoms with Crippen molar-refractivity contribution in [1.29, 1.82) is 0 Å². The fourth-order valence-corrected chi connectivity index (χ4v) is 2.34. The maximum atomic E-state index is 10.7. The fraction of sp³-hybridized carbons (Fsp3) is 0.417. The van der Waals surface area contributed by atoms with Gasteiger partial charge in [0.25, 0.3) is 11.7 Å². The standard InChI is InChI=1S/C12H14N4O3.ClH/c13-8-2-1-5-15(7-8)12-14-10-6-9(16(17)18)3-4-11(10)19-12;/h3-4,6,8H,1-2,5,7,13H2;1H. The Kier molecular flexibility index (Phi) is 4.10. The number of benzene rings is 1. The molecule has 3 rings (SSSR count). The first-order valence-electron chi connectivity index (χ1n) is 6.19. The van der Waals surface area contributed by atoms with Gasteiger partial charge in [-0.25, -0.2) is 0 Å². The predicted octanol–water partition coefficient (Wildman–Crippen LogP) is 2.09. The average molecular weight is 299 g/mol. The molecule has 0 aliphatic carbocycles. The number of fused-ring (bicyclic) bond motifs is 1. The molecule has 1 atom stereocenters. The van der Waals surface area contributed by atoms with E-state index in [2.05, 4.69) is 4.98 Å². The van der Waals surface area contributed by atoms with Crippen LogP contribution in [0.5, 0.6) is 0 Å². The summed E-state index contributed by atoms with van der Waals surface area (Å²) in [7, 11) is 0. The second-order valence-corrected chi connectivity index (χ2v) is 4.75. The minimum atomic E-state index is -0.440. The summed E-state index contributed by atoms with van der Waals surface area (Å²) < 4.78 is 5.63. The van der Waals surface area contributed by atoms with Crippen molar-refractivity contribution in [1.82, 2.24) is 4.98 Å². The molecular formula is C12H15ClN4O3. The van der Waals surface area contributed by atoms with Crippen LogP contribution in [0.15, 0.2) is 22.6 Å².